The summed E-state index contributed by atoms with van der Waals surface area (Å²) in [5.74, 6) is -1.96. The van der Waals surface area contributed by atoms with Crippen LogP contribution < -0.4 is 4.90 Å². The number of nitrogens with zero attached hydrogens (tertiary/aromatic N) is 2. The van der Waals surface area contributed by atoms with Crippen LogP contribution in [-0.2, 0) is 20.8 Å². The lowest BCUT2D eigenvalue weighted by atomic mass is 9.96. The highest BCUT2D eigenvalue weighted by molar-refractivity contribution is 6.31. The first-order valence-electron chi connectivity index (χ1n) is 10.8. The van der Waals surface area contributed by atoms with Gasteiger partial charge in [0.25, 0.3) is 0 Å². The molecule has 1 saturated carbocycles. The van der Waals surface area contributed by atoms with Gasteiger partial charge in [0.05, 0.1) is 16.6 Å². The van der Waals surface area contributed by atoms with Gasteiger partial charge in [-0.25, -0.2) is 8.78 Å². The first-order chi connectivity index (χ1) is 15.8. The van der Waals surface area contributed by atoms with Gasteiger partial charge >= 0.3 is 0 Å². The fourth-order valence-corrected chi connectivity index (χ4v) is 4.22. The fourth-order valence-electron chi connectivity index (χ4n) is 4.06. The number of carbonyl (C=O) groups is 3. The molecule has 0 saturated heterocycles. The van der Waals surface area contributed by atoms with Gasteiger partial charge in [-0.15, -0.1) is 0 Å². The van der Waals surface area contributed by atoms with E-state index in [0.29, 0.717) is 12.7 Å². The molecule has 1 unspecified atom stereocenters. The van der Waals surface area contributed by atoms with Crippen LogP contribution in [0.25, 0.3) is 5.57 Å². The van der Waals surface area contributed by atoms with Crippen LogP contribution in [0.2, 0.25) is 5.02 Å². The van der Waals surface area contributed by atoms with Gasteiger partial charge in [-0.3, -0.25) is 9.59 Å². The predicted octanol–water partition coefficient (Wildman–Crippen LogP) is 4.42. The minimum Gasteiger partial charge on any atom is -0.329 e. The molecule has 1 aliphatic heterocycles. The number of benzene rings is 2. The van der Waals surface area contributed by atoms with Crippen molar-refractivity contribution in [1.82, 2.24) is 4.90 Å². The molecule has 0 radical (unpaired) electrons. The Bertz CT molecular complexity index is 1130. The molecule has 1 aliphatic carbocycles. The molecule has 0 spiro atoms. The van der Waals surface area contributed by atoms with E-state index in [0.717, 1.165) is 36.2 Å². The number of halogens is 3. The van der Waals surface area contributed by atoms with E-state index in [1.165, 1.54) is 11.0 Å². The molecule has 172 valence electrons. The molecular formula is C25H23ClF2N2O3. The van der Waals surface area contributed by atoms with Gasteiger partial charge < -0.3 is 14.6 Å². The Morgan fingerprint density at radius 2 is 1.91 bits per heavy atom. The quantitative estimate of drug-likeness (QED) is 0.443. The second-order valence-corrected chi connectivity index (χ2v) is 8.82. The van der Waals surface area contributed by atoms with Crippen molar-refractivity contribution < 1.29 is 23.2 Å². The first-order valence-corrected chi connectivity index (χ1v) is 11.1. The van der Waals surface area contributed by atoms with Crippen LogP contribution in [-0.4, -0.2) is 42.6 Å². The van der Waals surface area contributed by atoms with Gasteiger partial charge in [-0.05, 0) is 61.1 Å². The van der Waals surface area contributed by atoms with Gasteiger partial charge in [0.15, 0.2) is 5.82 Å². The summed E-state index contributed by atoms with van der Waals surface area (Å²) in [5, 5.41) is -0.221. The number of carbonyl (C=O) groups excluding carboxylic acids is 3. The van der Waals surface area contributed by atoms with Crippen LogP contribution >= 0.6 is 11.6 Å². The Balaban J connectivity index is 1.47. The summed E-state index contributed by atoms with van der Waals surface area (Å²) in [6.07, 6.45) is 4.21. The Morgan fingerprint density at radius 1 is 1.21 bits per heavy atom. The lowest BCUT2D eigenvalue weighted by Crippen LogP contribution is -2.44. The molecule has 1 heterocycles. The van der Waals surface area contributed by atoms with Crippen molar-refractivity contribution in [3.05, 3.63) is 70.3 Å². The third kappa shape index (κ3) is 4.83. The summed E-state index contributed by atoms with van der Waals surface area (Å²) in [6, 6.07) is 8.76. The smallest absolute Gasteiger partial charge is 0.247 e. The molecule has 8 heteroatoms. The lowest BCUT2D eigenvalue weighted by Gasteiger charge is -2.31. The van der Waals surface area contributed by atoms with Crippen molar-refractivity contribution in [1.29, 1.82) is 0 Å². The van der Waals surface area contributed by atoms with Gasteiger partial charge in [-0.2, -0.15) is 0 Å². The van der Waals surface area contributed by atoms with Crippen molar-refractivity contribution in [2.24, 2.45) is 5.92 Å². The Labute approximate surface area is 195 Å². The van der Waals surface area contributed by atoms with Crippen molar-refractivity contribution in [3.63, 3.8) is 0 Å². The number of anilines is 1. The number of amides is 2. The minimum absolute atomic E-state index is 0.0996. The maximum absolute atomic E-state index is 14.4. The zero-order valence-electron chi connectivity index (χ0n) is 18.1. The summed E-state index contributed by atoms with van der Waals surface area (Å²) in [5.41, 5.74) is 1.51. The highest BCUT2D eigenvalue weighted by Crippen LogP contribution is 2.33. The van der Waals surface area contributed by atoms with Crippen LogP contribution in [0.4, 0.5) is 14.5 Å². The maximum Gasteiger partial charge on any atom is 0.247 e. The first kappa shape index (κ1) is 23.1. The molecule has 2 aromatic carbocycles. The van der Waals surface area contributed by atoms with Crippen LogP contribution in [0.3, 0.4) is 0 Å². The number of rotatable bonds is 7. The van der Waals surface area contributed by atoms with E-state index in [1.807, 2.05) is 24.3 Å². The standard InChI is InChI=1S/C25H23ClF2N2O3/c1-29(25(33)16-4-5-16)18-6-2-15(3-7-18)12-19(14-31)30-11-10-17(13-22(30)32)23-21(27)9-8-20(26)24(23)28/h2-3,6-9,13-14,16,19H,4-5,10-12H2,1H3. The summed E-state index contributed by atoms with van der Waals surface area (Å²) in [7, 11) is 1.74. The molecule has 1 atom stereocenters. The van der Waals surface area contributed by atoms with E-state index in [2.05, 4.69) is 0 Å². The van der Waals surface area contributed by atoms with E-state index in [9.17, 15) is 23.2 Å². The fraction of sp³-hybridized carbons (Fsp3) is 0.320. The molecule has 2 aliphatic rings. The molecule has 5 nitrogen and oxygen atoms in total. The molecule has 33 heavy (non-hydrogen) atoms. The molecule has 2 aromatic rings. The van der Waals surface area contributed by atoms with Gasteiger partial charge in [0.1, 0.15) is 12.1 Å². The second-order valence-electron chi connectivity index (χ2n) is 8.41. The number of hydrogen-bond donors (Lipinski definition) is 0. The minimum atomic E-state index is -0.902. The van der Waals surface area contributed by atoms with Crippen molar-refractivity contribution >= 4 is 41.0 Å². The second kappa shape index (κ2) is 9.43. The third-order valence-electron chi connectivity index (χ3n) is 6.15. The number of aldehydes is 1. The van der Waals surface area contributed by atoms with E-state index in [4.69, 9.17) is 11.6 Å². The van der Waals surface area contributed by atoms with Crippen molar-refractivity contribution in [3.8, 4) is 0 Å². The van der Waals surface area contributed by atoms with Crippen LogP contribution in [0.5, 0.6) is 0 Å². The molecule has 0 N–H and O–H groups in total. The van der Waals surface area contributed by atoms with Crippen molar-refractivity contribution in [2.45, 2.75) is 31.7 Å². The van der Waals surface area contributed by atoms with Crippen LogP contribution in [0, 0.1) is 17.6 Å². The summed E-state index contributed by atoms with van der Waals surface area (Å²) >= 11 is 5.77. The molecule has 0 bridgehead atoms. The predicted molar refractivity (Wildman–Crippen MR) is 122 cm³/mol. The van der Waals surface area contributed by atoms with E-state index >= 15 is 0 Å². The van der Waals surface area contributed by atoms with Crippen molar-refractivity contribution in [2.75, 3.05) is 18.5 Å². The molecule has 0 aromatic heterocycles. The Morgan fingerprint density at radius 3 is 2.52 bits per heavy atom. The largest absolute Gasteiger partial charge is 0.329 e. The SMILES string of the molecule is CN(C(=O)C1CC1)c1ccc(CC(C=O)N2CCC(c3c(F)ccc(Cl)c3F)=CC2=O)cc1. The molecular weight excluding hydrogens is 450 g/mol. The zero-order chi connectivity index (χ0) is 23.7. The van der Waals surface area contributed by atoms with Gasteiger partial charge in [0.2, 0.25) is 11.8 Å². The monoisotopic (exact) mass is 472 g/mol. The normalized spacial score (nSPS) is 16.9. The molecule has 1 fully saturated rings. The zero-order valence-corrected chi connectivity index (χ0v) is 18.8. The third-order valence-corrected chi connectivity index (χ3v) is 6.44. The Hall–Kier alpha value is -3.06. The topological polar surface area (TPSA) is 57.7 Å². The average Bonchev–Trinajstić information content (AvgIpc) is 3.66. The Kier molecular flexibility index (Phi) is 6.61. The average molecular weight is 473 g/mol. The van der Waals surface area contributed by atoms with E-state index < -0.39 is 23.6 Å². The summed E-state index contributed by atoms with van der Waals surface area (Å²) in [4.78, 5) is 39.8. The van der Waals surface area contributed by atoms with E-state index in [1.54, 1.807) is 11.9 Å². The van der Waals surface area contributed by atoms with Gasteiger partial charge in [-0.1, -0.05) is 23.7 Å². The molecule has 4 rings (SSSR count). The lowest BCUT2D eigenvalue weighted by molar-refractivity contribution is -0.132. The van der Waals surface area contributed by atoms with Crippen LogP contribution in [0.1, 0.15) is 30.4 Å². The van der Waals surface area contributed by atoms with Gasteiger partial charge in [0, 0.05) is 31.3 Å². The van der Waals surface area contributed by atoms with E-state index in [-0.39, 0.29) is 40.9 Å². The summed E-state index contributed by atoms with van der Waals surface area (Å²) < 4.78 is 28.5. The molecule has 2 amide bonds. The highest BCUT2D eigenvalue weighted by Gasteiger charge is 2.32. The maximum atomic E-state index is 14.4. The highest BCUT2D eigenvalue weighted by atomic mass is 35.5. The number of hydrogen-bond acceptors (Lipinski definition) is 3. The van der Waals surface area contributed by atoms with Crippen LogP contribution in [0.15, 0.2) is 42.5 Å². The summed E-state index contributed by atoms with van der Waals surface area (Å²) in [6.45, 7) is 0.149.